The van der Waals surface area contributed by atoms with Gasteiger partial charge in [-0.05, 0) is 49.3 Å². The standard InChI is InChI=1S/C14H18N2/c1-9(15)6-12-8-16-14-7-11(10-2-3-10)4-5-13(12)14/h4-5,7-10,16H,2-3,6,15H2,1H3. The number of hydrogen-bond acceptors (Lipinski definition) is 1. The fourth-order valence-electron chi connectivity index (χ4n) is 2.39. The van der Waals surface area contributed by atoms with Gasteiger partial charge in [-0.1, -0.05) is 12.1 Å². The molecule has 1 aromatic carbocycles. The molecule has 1 aliphatic carbocycles. The summed E-state index contributed by atoms with van der Waals surface area (Å²) in [6.45, 7) is 2.05. The quantitative estimate of drug-likeness (QED) is 0.810. The highest BCUT2D eigenvalue weighted by Crippen LogP contribution is 2.41. The molecular weight excluding hydrogens is 196 g/mol. The first-order valence-corrected chi connectivity index (χ1v) is 6.09. The Morgan fingerprint density at radius 2 is 2.25 bits per heavy atom. The monoisotopic (exact) mass is 214 g/mol. The summed E-state index contributed by atoms with van der Waals surface area (Å²) in [5, 5.41) is 1.33. The predicted octanol–water partition coefficient (Wildman–Crippen LogP) is 2.94. The van der Waals surface area contributed by atoms with Crippen LogP contribution in [0.25, 0.3) is 10.9 Å². The highest BCUT2D eigenvalue weighted by molar-refractivity contribution is 5.84. The zero-order chi connectivity index (χ0) is 11.1. The second-order valence-corrected chi connectivity index (χ2v) is 5.07. The van der Waals surface area contributed by atoms with E-state index in [4.69, 9.17) is 5.73 Å². The van der Waals surface area contributed by atoms with Crippen molar-refractivity contribution < 1.29 is 0 Å². The molecule has 0 bridgehead atoms. The van der Waals surface area contributed by atoms with Gasteiger partial charge in [0, 0.05) is 23.1 Å². The van der Waals surface area contributed by atoms with Crippen molar-refractivity contribution in [2.75, 3.05) is 0 Å². The molecule has 0 amide bonds. The summed E-state index contributed by atoms with van der Waals surface area (Å²) >= 11 is 0. The normalized spacial score (nSPS) is 17.9. The summed E-state index contributed by atoms with van der Waals surface area (Å²) in [5.41, 5.74) is 9.94. The topological polar surface area (TPSA) is 41.8 Å². The lowest BCUT2D eigenvalue weighted by Gasteiger charge is -2.03. The van der Waals surface area contributed by atoms with Crippen molar-refractivity contribution in [3.63, 3.8) is 0 Å². The van der Waals surface area contributed by atoms with Gasteiger partial charge < -0.3 is 10.7 Å². The van der Waals surface area contributed by atoms with Gasteiger partial charge in [0.05, 0.1) is 0 Å². The number of aromatic amines is 1. The molecule has 2 heteroatoms. The van der Waals surface area contributed by atoms with Crippen molar-refractivity contribution in [2.24, 2.45) is 5.73 Å². The summed E-state index contributed by atoms with van der Waals surface area (Å²) in [6, 6.07) is 7.05. The molecule has 0 aliphatic heterocycles. The maximum atomic E-state index is 5.85. The number of H-pyrrole nitrogens is 1. The summed E-state index contributed by atoms with van der Waals surface area (Å²) in [5.74, 6) is 0.824. The molecule has 2 aromatic rings. The van der Waals surface area contributed by atoms with E-state index in [1.807, 2.05) is 0 Å². The maximum absolute atomic E-state index is 5.85. The van der Waals surface area contributed by atoms with E-state index in [0.29, 0.717) is 0 Å². The van der Waals surface area contributed by atoms with Gasteiger partial charge in [0.1, 0.15) is 0 Å². The summed E-state index contributed by atoms with van der Waals surface area (Å²) in [6.07, 6.45) is 5.77. The third-order valence-corrected chi connectivity index (χ3v) is 3.38. The SMILES string of the molecule is CC(N)Cc1c[nH]c2cc(C3CC3)ccc12. The molecule has 3 rings (SSSR count). The molecule has 0 spiro atoms. The number of rotatable bonds is 3. The summed E-state index contributed by atoms with van der Waals surface area (Å²) in [4.78, 5) is 3.36. The fourth-order valence-corrected chi connectivity index (χ4v) is 2.39. The van der Waals surface area contributed by atoms with Crippen LogP contribution in [-0.4, -0.2) is 11.0 Å². The number of hydrogen-bond donors (Lipinski definition) is 2. The van der Waals surface area contributed by atoms with Gasteiger partial charge in [0.2, 0.25) is 0 Å². The van der Waals surface area contributed by atoms with Crippen LogP contribution >= 0.6 is 0 Å². The second-order valence-electron chi connectivity index (χ2n) is 5.07. The highest BCUT2D eigenvalue weighted by atomic mass is 14.7. The average Bonchev–Trinajstić information content (AvgIpc) is 3.02. The lowest BCUT2D eigenvalue weighted by atomic mass is 10.0. The number of nitrogens with one attached hydrogen (secondary N) is 1. The highest BCUT2D eigenvalue weighted by Gasteiger charge is 2.23. The van der Waals surface area contributed by atoms with Crippen LogP contribution in [0.15, 0.2) is 24.4 Å². The van der Waals surface area contributed by atoms with Gasteiger partial charge in [-0.15, -0.1) is 0 Å². The van der Waals surface area contributed by atoms with E-state index < -0.39 is 0 Å². The zero-order valence-electron chi connectivity index (χ0n) is 9.66. The molecule has 1 fully saturated rings. The van der Waals surface area contributed by atoms with E-state index in [2.05, 4.69) is 36.3 Å². The first-order valence-electron chi connectivity index (χ1n) is 6.09. The Labute approximate surface area is 95.8 Å². The third-order valence-electron chi connectivity index (χ3n) is 3.38. The Morgan fingerprint density at radius 3 is 2.94 bits per heavy atom. The number of nitrogens with two attached hydrogens (primary N) is 1. The largest absolute Gasteiger partial charge is 0.361 e. The van der Waals surface area contributed by atoms with Gasteiger partial charge in [-0.2, -0.15) is 0 Å². The second kappa shape index (κ2) is 3.63. The maximum Gasteiger partial charge on any atom is 0.0459 e. The molecule has 16 heavy (non-hydrogen) atoms. The lowest BCUT2D eigenvalue weighted by molar-refractivity contribution is 0.741. The van der Waals surface area contributed by atoms with Crippen LogP contribution in [0.2, 0.25) is 0 Å². The van der Waals surface area contributed by atoms with Crippen LogP contribution in [0.3, 0.4) is 0 Å². The van der Waals surface area contributed by atoms with Crippen molar-refractivity contribution in [1.29, 1.82) is 0 Å². The number of benzene rings is 1. The molecule has 2 nitrogen and oxygen atoms in total. The van der Waals surface area contributed by atoms with E-state index in [1.54, 1.807) is 0 Å². The molecule has 0 saturated heterocycles. The van der Waals surface area contributed by atoms with Crippen molar-refractivity contribution >= 4 is 10.9 Å². The van der Waals surface area contributed by atoms with E-state index in [9.17, 15) is 0 Å². The van der Waals surface area contributed by atoms with Crippen LogP contribution in [0, 0.1) is 0 Å². The first kappa shape index (κ1) is 9.91. The van der Waals surface area contributed by atoms with Crippen LogP contribution in [0.4, 0.5) is 0 Å². The van der Waals surface area contributed by atoms with Gasteiger partial charge in [-0.25, -0.2) is 0 Å². The molecule has 1 heterocycles. The molecular formula is C14H18N2. The lowest BCUT2D eigenvalue weighted by Crippen LogP contribution is -2.17. The van der Waals surface area contributed by atoms with E-state index in [0.717, 1.165) is 12.3 Å². The zero-order valence-corrected chi connectivity index (χ0v) is 9.66. The van der Waals surface area contributed by atoms with Gasteiger partial charge >= 0.3 is 0 Å². The van der Waals surface area contributed by atoms with Gasteiger partial charge in [-0.3, -0.25) is 0 Å². The van der Waals surface area contributed by atoms with Crippen molar-refractivity contribution in [1.82, 2.24) is 4.98 Å². The van der Waals surface area contributed by atoms with Crippen LogP contribution in [0.5, 0.6) is 0 Å². The molecule has 1 aliphatic rings. The van der Waals surface area contributed by atoms with Crippen molar-refractivity contribution in [3.8, 4) is 0 Å². The van der Waals surface area contributed by atoms with Crippen molar-refractivity contribution in [3.05, 3.63) is 35.5 Å². The van der Waals surface area contributed by atoms with E-state index >= 15 is 0 Å². The fraction of sp³-hybridized carbons (Fsp3) is 0.429. The smallest absolute Gasteiger partial charge is 0.0459 e. The van der Waals surface area contributed by atoms with Crippen LogP contribution in [0.1, 0.15) is 36.8 Å². The van der Waals surface area contributed by atoms with E-state index in [-0.39, 0.29) is 6.04 Å². The molecule has 84 valence electrons. The third kappa shape index (κ3) is 1.74. The Hall–Kier alpha value is -1.28. The van der Waals surface area contributed by atoms with Gasteiger partial charge in [0.15, 0.2) is 0 Å². The minimum absolute atomic E-state index is 0.224. The number of aromatic nitrogens is 1. The molecule has 0 radical (unpaired) electrons. The molecule has 1 atom stereocenters. The Balaban J connectivity index is 2.00. The Bertz CT molecular complexity index is 506. The molecule has 1 aromatic heterocycles. The average molecular weight is 214 g/mol. The first-order chi connectivity index (χ1) is 7.74. The molecule has 1 unspecified atom stereocenters. The predicted molar refractivity (Wildman–Crippen MR) is 67.6 cm³/mol. The minimum Gasteiger partial charge on any atom is -0.361 e. The summed E-state index contributed by atoms with van der Waals surface area (Å²) in [7, 11) is 0. The van der Waals surface area contributed by atoms with Gasteiger partial charge in [0.25, 0.3) is 0 Å². The Kier molecular flexibility index (Phi) is 2.25. The van der Waals surface area contributed by atoms with Crippen LogP contribution in [-0.2, 0) is 6.42 Å². The Morgan fingerprint density at radius 1 is 1.44 bits per heavy atom. The van der Waals surface area contributed by atoms with E-state index in [1.165, 1.54) is 34.9 Å². The minimum atomic E-state index is 0.224. The molecule has 3 N–H and O–H groups in total. The number of fused-ring (bicyclic) bond motifs is 1. The van der Waals surface area contributed by atoms with Crippen molar-refractivity contribution in [2.45, 2.75) is 38.1 Å². The summed E-state index contributed by atoms with van der Waals surface area (Å²) < 4.78 is 0. The molecule has 1 saturated carbocycles. The van der Waals surface area contributed by atoms with Crippen LogP contribution < -0.4 is 5.73 Å².